The minimum absolute atomic E-state index is 0.563. The Balaban J connectivity index is 1.21. The number of guanidine groups is 1. The molecule has 1 N–H and O–H groups in total. The predicted octanol–water partition coefficient (Wildman–Crippen LogP) is 3.00. The molecule has 4 bridgehead atoms. The number of aliphatic imine (C=N–C) groups is 1. The number of hydrogen-bond acceptors (Lipinski definition) is 2. The van der Waals surface area contributed by atoms with Gasteiger partial charge in [-0.25, -0.2) is 0 Å². The van der Waals surface area contributed by atoms with Crippen molar-refractivity contribution in [2.24, 2.45) is 35.2 Å². The fourth-order valence-electron chi connectivity index (χ4n) is 6.98. The molecule has 1 aliphatic heterocycles. The third-order valence-corrected chi connectivity index (χ3v) is 7.68. The van der Waals surface area contributed by atoms with Gasteiger partial charge >= 0.3 is 0 Å². The highest BCUT2D eigenvalue weighted by Crippen LogP contribution is 2.59. The van der Waals surface area contributed by atoms with E-state index in [1.54, 1.807) is 0 Å². The molecule has 0 radical (unpaired) electrons. The van der Waals surface area contributed by atoms with Crippen molar-refractivity contribution in [1.29, 1.82) is 0 Å². The first-order valence-corrected chi connectivity index (χ1v) is 10.6. The molecule has 4 aliphatic carbocycles. The van der Waals surface area contributed by atoms with Gasteiger partial charge in [0.15, 0.2) is 5.96 Å². The smallest absolute Gasteiger partial charge is 0.193 e. The average Bonchev–Trinajstić information content (AvgIpc) is 3.23. The summed E-state index contributed by atoms with van der Waals surface area (Å²) in [4.78, 5) is 7.09. The standard InChI is InChI=1S/C21H33N5/c1-22-20(26-4-3-18(13-26)19-11-24-25(2)12-19)23-14-21-8-15-5-16(9-21)7-17(6-15)10-21/h11-12,15-18H,3-10,13-14H2,1-2H3,(H,22,23). The van der Waals surface area contributed by atoms with Gasteiger partial charge in [0.1, 0.15) is 0 Å². The van der Waals surface area contributed by atoms with Gasteiger partial charge in [0.2, 0.25) is 0 Å². The number of hydrogen-bond donors (Lipinski definition) is 1. The first kappa shape index (κ1) is 16.6. The number of aromatic nitrogens is 2. The molecule has 0 aromatic carbocycles. The Hall–Kier alpha value is -1.52. The Labute approximate surface area is 157 Å². The number of nitrogens with zero attached hydrogens (tertiary/aromatic N) is 4. The summed E-state index contributed by atoms with van der Waals surface area (Å²) in [5.41, 5.74) is 1.93. The number of rotatable bonds is 3. The molecule has 1 atom stereocenters. The predicted molar refractivity (Wildman–Crippen MR) is 104 cm³/mol. The Morgan fingerprint density at radius 2 is 1.92 bits per heavy atom. The van der Waals surface area contributed by atoms with Crippen LogP contribution in [-0.2, 0) is 7.05 Å². The maximum Gasteiger partial charge on any atom is 0.193 e. The molecule has 4 saturated carbocycles. The van der Waals surface area contributed by atoms with Crippen molar-refractivity contribution in [2.45, 2.75) is 50.9 Å². The summed E-state index contributed by atoms with van der Waals surface area (Å²) >= 11 is 0. The van der Waals surface area contributed by atoms with Crippen LogP contribution in [0.25, 0.3) is 0 Å². The normalized spacial score (nSPS) is 39.0. The van der Waals surface area contributed by atoms with Crippen LogP contribution >= 0.6 is 0 Å². The molecule has 0 spiro atoms. The van der Waals surface area contributed by atoms with Crippen LogP contribution in [0, 0.1) is 23.2 Å². The molecule has 0 amide bonds. The highest BCUT2D eigenvalue weighted by molar-refractivity contribution is 5.80. The fourth-order valence-corrected chi connectivity index (χ4v) is 6.98. The van der Waals surface area contributed by atoms with Gasteiger partial charge in [-0.15, -0.1) is 0 Å². The van der Waals surface area contributed by atoms with Crippen LogP contribution in [0.15, 0.2) is 17.4 Å². The van der Waals surface area contributed by atoms with Crippen molar-refractivity contribution in [2.75, 3.05) is 26.7 Å². The van der Waals surface area contributed by atoms with E-state index >= 15 is 0 Å². The molecule has 2 heterocycles. The van der Waals surface area contributed by atoms with Gasteiger partial charge in [0.25, 0.3) is 0 Å². The first-order valence-electron chi connectivity index (χ1n) is 10.6. The van der Waals surface area contributed by atoms with Crippen molar-refractivity contribution in [3.05, 3.63) is 18.0 Å². The third kappa shape index (κ3) is 2.93. The number of aryl methyl sites for hydroxylation is 1. The average molecular weight is 356 g/mol. The molecule has 1 saturated heterocycles. The quantitative estimate of drug-likeness (QED) is 0.670. The minimum Gasteiger partial charge on any atom is -0.356 e. The minimum atomic E-state index is 0.563. The van der Waals surface area contributed by atoms with E-state index in [9.17, 15) is 0 Å². The lowest BCUT2D eigenvalue weighted by Gasteiger charge is -2.57. The molecule has 1 aromatic rings. The largest absolute Gasteiger partial charge is 0.356 e. The van der Waals surface area contributed by atoms with Crippen LogP contribution in [-0.4, -0.2) is 47.3 Å². The zero-order chi connectivity index (χ0) is 17.7. The van der Waals surface area contributed by atoms with Crippen LogP contribution in [0.2, 0.25) is 0 Å². The van der Waals surface area contributed by atoms with E-state index in [-0.39, 0.29) is 0 Å². The molecular formula is C21H33N5. The van der Waals surface area contributed by atoms with Gasteiger partial charge in [-0.3, -0.25) is 9.67 Å². The van der Waals surface area contributed by atoms with E-state index in [1.807, 2.05) is 25.0 Å². The monoisotopic (exact) mass is 355 g/mol. The summed E-state index contributed by atoms with van der Waals surface area (Å²) in [6.07, 6.45) is 14.3. The third-order valence-electron chi connectivity index (χ3n) is 7.68. The summed E-state index contributed by atoms with van der Waals surface area (Å²) in [5.74, 6) is 4.76. The zero-order valence-electron chi connectivity index (χ0n) is 16.3. The Kier molecular flexibility index (Phi) is 4.02. The van der Waals surface area contributed by atoms with Crippen LogP contribution in [0.1, 0.15) is 56.4 Å². The van der Waals surface area contributed by atoms with Gasteiger partial charge in [-0.05, 0) is 73.7 Å². The fraction of sp³-hybridized carbons (Fsp3) is 0.810. The number of likely N-dealkylation sites (tertiary alicyclic amines) is 1. The van der Waals surface area contributed by atoms with Gasteiger partial charge < -0.3 is 10.2 Å². The van der Waals surface area contributed by atoms with Crippen molar-refractivity contribution in [3.8, 4) is 0 Å². The van der Waals surface area contributed by atoms with Crippen molar-refractivity contribution in [3.63, 3.8) is 0 Å². The molecule has 5 aliphatic rings. The van der Waals surface area contributed by atoms with E-state index in [4.69, 9.17) is 0 Å². The number of nitrogens with one attached hydrogen (secondary N) is 1. The Morgan fingerprint density at radius 3 is 2.50 bits per heavy atom. The lowest BCUT2D eigenvalue weighted by molar-refractivity contribution is -0.0494. The SMILES string of the molecule is CN=C(NCC12CC3CC(CC(C3)C1)C2)N1CCC(c2cnn(C)c2)C1. The second-order valence-electron chi connectivity index (χ2n) is 9.70. The van der Waals surface area contributed by atoms with E-state index in [0.717, 1.165) is 43.3 Å². The van der Waals surface area contributed by atoms with E-state index in [0.29, 0.717) is 11.3 Å². The van der Waals surface area contributed by atoms with Gasteiger partial charge in [-0.2, -0.15) is 5.10 Å². The highest BCUT2D eigenvalue weighted by Gasteiger charge is 2.50. The van der Waals surface area contributed by atoms with Crippen molar-refractivity contribution in [1.82, 2.24) is 20.0 Å². The molecule has 142 valence electrons. The second kappa shape index (κ2) is 6.28. The maximum atomic E-state index is 4.63. The second-order valence-corrected chi connectivity index (χ2v) is 9.70. The van der Waals surface area contributed by atoms with Gasteiger partial charge in [-0.1, -0.05) is 0 Å². The molecule has 1 unspecified atom stereocenters. The molecule has 5 heteroatoms. The molecule has 1 aromatic heterocycles. The molecule has 26 heavy (non-hydrogen) atoms. The molecular weight excluding hydrogens is 322 g/mol. The Morgan fingerprint density at radius 1 is 1.23 bits per heavy atom. The topological polar surface area (TPSA) is 45.5 Å². The van der Waals surface area contributed by atoms with Crippen LogP contribution < -0.4 is 5.32 Å². The lowest BCUT2D eigenvalue weighted by atomic mass is 9.49. The van der Waals surface area contributed by atoms with Gasteiger partial charge in [0, 0.05) is 45.8 Å². The first-order chi connectivity index (χ1) is 12.6. The van der Waals surface area contributed by atoms with E-state index < -0.39 is 0 Å². The highest BCUT2D eigenvalue weighted by atomic mass is 15.3. The summed E-state index contributed by atoms with van der Waals surface area (Å²) < 4.78 is 1.91. The van der Waals surface area contributed by atoms with Crippen LogP contribution in [0.4, 0.5) is 0 Å². The van der Waals surface area contributed by atoms with Gasteiger partial charge in [0.05, 0.1) is 6.20 Å². The Bertz CT molecular complexity index is 655. The summed E-state index contributed by atoms with van der Waals surface area (Å²) in [6, 6.07) is 0. The van der Waals surface area contributed by atoms with E-state index in [2.05, 4.69) is 26.5 Å². The lowest BCUT2D eigenvalue weighted by Crippen LogP contribution is -2.53. The van der Waals surface area contributed by atoms with Crippen molar-refractivity contribution >= 4 is 5.96 Å². The van der Waals surface area contributed by atoms with E-state index in [1.165, 1.54) is 50.5 Å². The zero-order valence-corrected chi connectivity index (χ0v) is 16.3. The molecule has 6 rings (SSSR count). The summed E-state index contributed by atoms with van der Waals surface area (Å²) in [6.45, 7) is 3.30. The summed E-state index contributed by atoms with van der Waals surface area (Å²) in [7, 11) is 3.95. The maximum absolute atomic E-state index is 4.63. The van der Waals surface area contributed by atoms with Crippen LogP contribution in [0.3, 0.4) is 0 Å². The van der Waals surface area contributed by atoms with Crippen molar-refractivity contribution < 1.29 is 0 Å². The summed E-state index contributed by atoms with van der Waals surface area (Å²) in [5, 5.41) is 8.15. The van der Waals surface area contributed by atoms with Crippen LogP contribution in [0.5, 0.6) is 0 Å². The molecule has 5 fully saturated rings. The molecule has 5 nitrogen and oxygen atoms in total.